The number of nitrogens with zero attached hydrogens (tertiary/aromatic N) is 1. The molecule has 0 unspecified atom stereocenters. The van der Waals surface area contributed by atoms with Gasteiger partial charge < -0.3 is 10.6 Å². The van der Waals surface area contributed by atoms with E-state index in [0.29, 0.717) is 0 Å². The van der Waals surface area contributed by atoms with Gasteiger partial charge in [-0.3, -0.25) is 5.41 Å². The van der Waals surface area contributed by atoms with Crippen LogP contribution in [0.2, 0.25) is 0 Å². The van der Waals surface area contributed by atoms with Gasteiger partial charge in [-0.25, -0.2) is 0 Å². The van der Waals surface area contributed by atoms with Crippen molar-refractivity contribution in [2.75, 3.05) is 11.4 Å². The predicted octanol–water partition coefficient (Wildman–Crippen LogP) is 3.31. The lowest BCUT2D eigenvalue weighted by molar-refractivity contribution is 0.828. The minimum Gasteiger partial charge on any atom is -0.384 e. The molecule has 0 radical (unpaired) electrons. The van der Waals surface area contributed by atoms with Gasteiger partial charge in [-0.1, -0.05) is 42.5 Å². The Labute approximate surface area is 120 Å². The molecule has 0 aliphatic heterocycles. The Kier molecular flexibility index (Phi) is 4.41. The van der Waals surface area contributed by atoms with Crippen molar-refractivity contribution in [2.24, 2.45) is 5.73 Å². The van der Waals surface area contributed by atoms with Crippen LogP contribution in [0.1, 0.15) is 23.6 Å². The van der Waals surface area contributed by atoms with Gasteiger partial charge in [-0.15, -0.1) is 0 Å². The molecule has 0 saturated heterocycles. The van der Waals surface area contributed by atoms with Gasteiger partial charge in [0.2, 0.25) is 0 Å². The van der Waals surface area contributed by atoms with Crippen LogP contribution in [0.15, 0.2) is 48.5 Å². The van der Waals surface area contributed by atoms with E-state index >= 15 is 0 Å². The van der Waals surface area contributed by atoms with Crippen molar-refractivity contribution < 1.29 is 0 Å². The molecule has 0 aliphatic carbocycles. The summed E-state index contributed by atoms with van der Waals surface area (Å²) in [5.74, 6) is 0.114. The number of hydrogen-bond acceptors (Lipinski definition) is 2. The highest BCUT2D eigenvalue weighted by Crippen LogP contribution is 2.21. The number of amidine groups is 1. The summed E-state index contributed by atoms with van der Waals surface area (Å²) >= 11 is 0. The first-order chi connectivity index (χ1) is 9.61. The molecular formula is C17H21N3. The summed E-state index contributed by atoms with van der Waals surface area (Å²) in [6.07, 6.45) is 0. The first kappa shape index (κ1) is 14.1. The molecule has 2 aromatic rings. The fourth-order valence-corrected chi connectivity index (χ4v) is 2.30. The van der Waals surface area contributed by atoms with Crippen LogP contribution in [0.25, 0.3) is 0 Å². The van der Waals surface area contributed by atoms with Crippen LogP contribution >= 0.6 is 0 Å². The average molecular weight is 267 g/mol. The smallest absolute Gasteiger partial charge is 0.122 e. The molecule has 0 fully saturated rings. The first-order valence-corrected chi connectivity index (χ1v) is 6.85. The second-order valence-electron chi connectivity index (χ2n) is 4.91. The summed E-state index contributed by atoms with van der Waals surface area (Å²) in [5.41, 5.74) is 10.0. The zero-order valence-electron chi connectivity index (χ0n) is 12.1. The molecule has 0 spiro atoms. The summed E-state index contributed by atoms with van der Waals surface area (Å²) in [4.78, 5) is 2.35. The molecule has 0 atom stereocenters. The molecule has 0 aliphatic rings. The van der Waals surface area contributed by atoms with E-state index in [9.17, 15) is 0 Å². The van der Waals surface area contributed by atoms with Gasteiger partial charge in [0.25, 0.3) is 0 Å². The highest BCUT2D eigenvalue weighted by Gasteiger charge is 2.07. The van der Waals surface area contributed by atoms with E-state index < -0.39 is 0 Å². The molecule has 2 aromatic carbocycles. The number of aryl methyl sites for hydroxylation is 1. The Bertz CT molecular complexity index is 587. The SMILES string of the molecule is CCN(Cc1ccc(C(=N)N)cc1)c1ccccc1C. The Hall–Kier alpha value is -2.29. The van der Waals surface area contributed by atoms with E-state index in [-0.39, 0.29) is 5.84 Å². The quantitative estimate of drug-likeness (QED) is 0.645. The maximum Gasteiger partial charge on any atom is 0.122 e. The second-order valence-corrected chi connectivity index (χ2v) is 4.91. The summed E-state index contributed by atoms with van der Waals surface area (Å²) < 4.78 is 0. The van der Waals surface area contributed by atoms with Crippen molar-refractivity contribution in [2.45, 2.75) is 20.4 Å². The van der Waals surface area contributed by atoms with Crippen molar-refractivity contribution in [3.8, 4) is 0 Å². The third-order valence-electron chi connectivity index (χ3n) is 3.48. The normalized spacial score (nSPS) is 10.3. The standard InChI is InChI=1S/C17H21N3/c1-3-20(16-7-5-4-6-13(16)2)12-14-8-10-15(11-9-14)17(18)19/h4-11H,3,12H2,1-2H3,(H3,18,19). The van der Waals surface area contributed by atoms with Gasteiger partial charge in [0.05, 0.1) is 0 Å². The van der Waals surface area contributed by atoms with Crippen molar-refractivity contribution in [1.82, 2.24) is 0 Å². The zero-order chi connectivity index (χ0) is 14.5. The molecule has 3 heteroatoms. The molecule has 0 amide bonds. The van der Waals surface area contributed by atoms with Gasteiger partial charge in [-0.2, -0.15) is 0 Å². The minimum atomic E-state index is 0.114. The Morgan fingerprint density at radius 2 is 1.75 bits per heavy atom. The molecule has 20 heavy (non-hydrogen) atoms. The maximum atomic E-state index is 7.41. The fourth-order valence-electron chi connectivity index (χ4n) is 2.30. The van der Waals surface area contributed by atoms with E-state index in [2.05, 4.69) is 43.0 Å². The number of anilines is 1. The molecule has 0 heterocycles. The Morgan fingerprint density at radius 1 is 1.10 bits per heavy atom. The van der Waals surface area contributed by atoms with E-state index in [0.717, 1.165) is 18.7 Å². The number of nitrogen functional groups attached to an aromatic ring is 1. The molecule has 3 nitrogen and oxygen atoms in total. The number of hydrogen-bond donors (Lipinski definition) is 2. The number of benzene rings is 2. The first-order valence-electron chi connectivity index (χ1n) is 6.85. The van der Waals surface area contributed by atoms with E-state index in [1.54, 1.807) is 0 Å². The van der Waals surface area contributed by atoms with Crippen molar-refractivity contribution >= 4 is 11.5 Å². The summed E-state index contributed by atoms with van der Waals surface area (Å²) in [7, 11) is 0. The second kappa shape index (κ2) is 6.24. The average Bonchev–Trinajstić information content (AvgIpc) is 2.46. The Balaban J connectivity index is 2.18. The molecule has 2 rings (SSSR count). The van der Waals surface area contributed by atoms with E-state index in [1.807, 2.05) is 24.3 Å². The van der Waals surface area contributed by atoms with Crippen molar-refractivity contribution in [3.63, 3.8) is 0 Å². The third-order valence-corrected chi connectivity index (χ3v) is 3.48. The largest absolute Gasteiger partial charge is 0.384 e. The maximum absolute atomic E-state index is 7.41. The highest BCUT2D eigenvalue weighted by atomic mass is 15.1. The summed E-state index contributed by atoms with van der Waals surface area (Å²) in [6, 6.07) is 16.3. The van der Waals surface area contributed by atoms with Gasteiger partial charge in [0, 0.05) is 24.3 Å². The predicted molar refractivity (Wildman–Crippen MR) is 85.4 cm³/mol. The van der Waals surface area contributed by atoms with Crippen LogP contribution in [0.4, 0.5) is 5.69 Å². The van der Waals surface area contributed by atoms with Crippen LogP contribution in [-0.4, -0.2) is 12.4 Å². The lowest BCUT2D eigenvalue weighted by atomic mass is 10.1. The molecule has 0 saturated carbocycles. The van der Waals surface area contributed by atoms with E-state index in [4.69, 9.17) is 11.1 Å². The molecule has 0 bridgehead atoms. The number of nitrogens with one attached hydrogen (secondary N) is 1. The van der Waals surface area contributed by atoms with Crippen molar-refractivity contribution in [1.29, 1.82) is 5.41 Å². The van der Waals surface area contributed by atoms with Crippen LogP contribution in [0, 0.1) is 12.3 Å². The van der Waals surface area contributed by atoms with Crippen LogP contribution in [-0.2, 0) is 6.54 Å². The number of rotatable bonds is 5. The zero-order valence-corrected chi connectivity index (χ0v) is 12.1. The lowest BCUT2D eigenvalue weighted by Gasteiger charge is -2.25. The molecule has 3 N–H and O–H groups in total. The topological polar surface area (TPSA) is 53.1 Å². The van der Waals surface area contributed by atoms with Gasteiger partial charge in [0.15, 0.2) is 0 Å². The molecule has 0 aromatic heterocycles. The van der Waals surface area contributed by atoms with Gasteiger partial charge >= 0.3 is 0 Å². The van der Waals surface area contributed by atoms with Gasteiger partial charge in [-0.05, 0) is 31.0 Å². The van der Waals surface area contributed by atoms with Crippen LogP contribution in [0.3, 0.4) is 0 Å². The van der Waals surface area contributed by atoms with Crippen LogP contribution < -0.4 is 10.6 Å². The third kappa shape index (κ3) is 3.18. The number of nitrogens with two attached hydrogens (primary N) is 1. The van der Waals surface area contributed by atoms with Gasteiger partial charge in [0.1, 0.15) is 5.84 Å². The fraction of sp³-hybridized carbons (Fsp3) is 0.235. The highest BCUT2D eigenvalue weighted by molar-refractivity contribution is 5.94. The molecule has 104 valence electrons. The minimum absolute atomic E-state index is 0.114. The monoisotopic (exact) mass is 267 g/mol. The number of para-hydroxylation sites is 1. The van der Waals surface area contributed by atoms with Crippen LogP contribution in [0.5, 0.6) is 0 Å². The summed E-state index contributed by atoms with van der Waals surface area (Å²) in [6.45, 7) is 6.12. The molecular weight excluding hydrogens is 246 g/mol. The Morgan fingerprint density at radius 3 is 2.30 bits per heavy atom. The van der Waals surface area contributed by atoms with Crippen molar-refractivity contribution in [3.05, 3.63) is 65.2 Å². The van der Waals surface area contributed by atoms with E-state index in [1.165, 1.54) is 16.8 Å². The summed E-state index contributed by atoms with van der Waals surface area (Å²) in [5, 5.41) is 7.41. The lowest BCUT2D eigenvalue weighted by Crippen LogP contribution is -2.22.